The van der Waals surface area contributed by atoms with Crippen molar-refractivity contribution in [2.45, 2.75) is 24.7 Å². The molecule has 0 saturated carbocycles. The molecule has 0 aliphatic heterocycles. The molecule has 0 N–H and O–H groups in total. The van der Waals surface area contributed by atoms with Crippen molar-refractivity contribution in [1.82, 2.24) is 0 Å². The maximum atomic E-state index is 2.44. The first-order valence-corrected chi connectivity index (χ1v) is 20.0. The van der Waals surface area contributed by atoms with E-state index in [1.54, 1.807) is 0 Å². The van der Waals surface area contributed by atoms with Crippen molar-refractivity contribution in [3.05, 3.63) is 246 Å². The van der Waals surface area contributed by atoms with Crippen LogP contribution in [0.3, 0.4) is 0 Å². The summed E-state index contributed by atoms with van der Waals surface area (Å²) in [6.07, 6.45) is 0. The van der Waals surface area contributed by atoms with Crippen LogP contribution in [0, 0.1) is 0 Å². The summed E-state index contributed by atoms with van der Waals surface area (Å²) in [6, 6.07) is 78.7. The van der Waals surface area contributed by atoms with Crippen molar-refractivity contribution >= 4 is 27.8 Å². The molecule has 1 heteroatoms. The van der Waals surface area contributed by atoms with Crippen LogP contribution in [0.4, 0.5) is 17.1 Å². The van der Waals surface area contributed by atoms with Crippen molar-refractivity contribution < 1.29 is 0 Å². The third kappa shape index (κ3) is 5.02. The minimum atomic E-state index is -0.420. The summed E-state index contributed by atoms with van der Waals surface area (Å²) >= 11 is 0. The lowest BCUT2D eigenvalue weighted by atomic mass is 9.55. The molecule has 270 valence electrons. The fourth-order valence-electron chi connectivity index (χ4n) is 10.0. The van der Waals surface area contributed by atoms with Gasteiger partial charge in [-0.2, -0.15) is 0 Å². The van der Waals surface area contributed by atoms with Crippen LogP contribution in [0.25, 0.3) is 44.2 Å². The molecular weight excluding hydrogens is 687 g/mol. The molecule has 0 saturated heterocycles. The molecule has 2 aliphatic carbocycles. The van der Waals surface area contributed by atoms with E-state index in [-0.39, 0.29) is 5.41 Å². The zero-order valence-corrected chi connectivity index (χ0v) is 32.2. The molecule has 2 aliphatic rings. The van der Waals surface area contributed by atoms with Gasteiger partial charge in [0.05, 0.1) is 5.41 Å². The number of anilines is 3. The van der Waals surface area contributed by atoms with E-state index in [2.05, 4.69) is 231 Å². The van der Waals surface area contributed by atoms with E-state index in [1.165, 1.54) is 77.5 Å². The number of rotatable bonds is 5. The van der Waals surface area contributed by atoms with Crippen LogP contribution >= 0.6 is 0 Å². The Morgan fingerprint density at radius 2 is 0.754 bits per heavy atom. The average Bonchev–Trinajstić information content (AvgIpc) is 3.57. The minimum Gasteiger partial charge on any atom is -0.310 e. The first-order chi connectivity index (χ1) is 28.0. The topological polar surface area (TPSA) is 3.24 Å². The summed E-state index contributed by atoms with van der Waals surface area (Å²) in [4.78, 5) is 2.42. The maximum Gasteiger partial charge on any atom is 0.0719 e. The summed E-state index contributed by atoms with van der Waals surface area (Å²) in [6.45, 7) is 4.77. The summed E-state index contributed by atoms with van der Waals surface area (Å²) < 4.78 is 0. The van der Waals surface area contributed by atoms with Gasteiger partial charge in [0.15, 0.2) is 0 Å². The van der Waals surface area contributed by atoms with Crippen molar-refractivity contribution in [2.75, 3.05) is 4.90 Å². The molecule has 0 fully saturated rings. The lowest BCUT2D eigenvalue weighted by Crippen LogP contribution is -2.40. The van der Waals surface area contributed by atoms with E-state index >= 15 is 0 Å². The predicted octanol–water partition coefficient (Wildman–Crippen LogP) is 14.6. The van der Waals surface area contributed by atoms with E-state index < -0.39 is 5.41 Å². The van der Waals surface area contributed by atoms with Crippen LogP contribution in [0.1, 0.15) is 47.2 Å². The van der Waals surface area contributed by atoms with Gasteiger partial charge in [-0.15, -0.1) is 0 Å². The van der Waals surface area contributed by atoms with Crippen LogP contribution in [0.2, 0.25) is 0 Å². The highest BCUT2D eigenvalue weighted by Gasteiger charge is 2.53. The normalized spacial score (nSPS) is 14.1. The zero-order chi connectivity index (χ0) is 38.1. The molecule has 0 aromatic heterocycles. The molecule has 0 bridgehead atoms. The van der Waals surface area contributed by atoms with Gasteiger partial charge in [-0.3, -0.25) is 0 Å². The number of hydrogen-bond donors (Lipinski definition) is 0. The van der Waals surface area contributed by atoms with E-state index in [4.69, 9.17) is 0 Å². The van der Waals surface area contributed by atoms with Crippen LogP contribution in [-0.4, -0.2) is 0 Å². The number of fused-ring (bicyclic) bond motifs is 10. The number of benzene rings is 9. The summed E-state index contributed by atoms with van der Waals surface area (Å²) in [5, 5.41) is 2.51. The molecule has 1 nitrogen and oxygen atoms in total. The van der Waals surface area contributed by atoms with Gasteiger partial charge in [-0.1, -0.05) is 184 Å². The van der Waals surface area contributed by atoms with Crippen LogP contribution in [0.5, 0.6) is 0 Å². The molecule has 0 heterocycles. The molecular formula is C56H41N. The second-order valence-corrected chi connectivity index (χ2v) is 16.1. The molecule has 1 spiro atoms. The quantitative estimate of drug-likeness (QED) is 0.171. The third-order valence-corrected chi connectivity index (χ3v) is 12.7. The predicted molar refractivity (Wildman–Crippen MR) is 239 cm³/mol. The standard InChI is InChI=1S/C56H41N/c1-55(2)51-20-10-12-22-53(51)56(54-23-13-11-21-52(54)55)49-19-9-8-18-47(49)48-37-46(34-35-50(48)56)57(44-30-26-40(27-31-44)38-14-4-3-5-15-38)45-32-28-41(29-33-45)43-25-24-39-16-6-7-17-42(39)36-43/h3-37H,1-2H3. The molecule has 57 heavy (non-hydrogen) atoms. The summed E-state index contributed by atoms with van der Waals surface area (Å²) in [5.41, 5.74) is 18.5. The molecule has 0 amide bonds. The van der Waals surface area contributed by atoms with Crippen molar-refractivity contribution in [3.63, 3.8) is 0 Å². The van der Waals surface area contributed by atoms with Gasteiger partial charge in [0, 0.05) is 22.5 Å². The molecule has 0 radical (unpaired) electrons. The number of hydrogen-bond acceptors (Lipinski definition) is 1. The van der Waals surface area contributed by atoms with Crippen molar-refractivity contribution in [1.29, 1.82) is 0 Å². The largest absolute Gasteiger partial charge is 0.310 e. The molecule has 11 rings (SSSR count). The van der Waals surface area contributed by atoms with Crippen molar-refractivity contribution in [3.8, 4) is 33.4 Å². The minimum absolute atomic E-state index is 0.127. The van der Waals surface area contributed by atoms with Crippen LogP contribution in [-0.2, 0) is 10.8 Å². The first kappa shape index (κ1) is 33.4. The first-order valence-electron chi connectivity index (χ1n) is 20.0. The van der Waals surface area contributed by atoms with E-state index in [1.807, 2.05) is 0 Å². The fraction of sp³-hybridized carbons (Fsp3) is 0.0714. The number of nitrogens with zero attached hydrogens (tertiary/aromatic N) is 1. The van der Waals surface area contributed by atoms with E-state index in [9.17, 15) is 0 Å². The summed E-state index contributed by atoms with van der Waals surface area (Å²) in [7, 11) is 0. The second-order valence-electron chi connectivity index (χ2n) is 16.1. The Morgan fingerprint density at radius 1 is 0.298 bits per heavy atom. The molecule has 9 aromatic rings. The smallest absolute Gasteiger partial charge is 0.0719 e. The van der Waals surface area contributed by atoms with Gasteiger partial charge in [-0.05, 0) is 120 Å². The van der Waals surface area contributed by atoms with E-state index in [0.717, 1.165) is 17.1 Å². The Balaban J connectivity index is 1.09. The Kier molecular flexibility index (Phi) is 7.50. The van der Waals surface area contributed by atoms with Crippen LogP contribution < -0.4 is 4.90 Å². The highest BCUT2D eigenvalue weighted by atomic mass is 15.1. The third-order valence-electron chi connectivity index (χ3n) is 12.7. The van der Waals surface area contributed by atoms with Gasteiger partial charge in [0.2, 0.25) is 0 Å². The Labute approximate surface area is 335 Å². The van der Waals surface area contributed by atoms with Gasteiger partial charge in [-0.25, -0.2) is 0 Å². The molecule has 0 atom stereocenters. The van der Waals surface area contributed by atoms with Crippen molar-refractivity contribution in [2.24, 2.45) is 0 Å². The Hall–Kier alpha value is -6.96. The molecule has 0 unspecified atom stereocenters. The Bertz CT molecular complexity index is 2920. The van der Waals surface area contributed by atoms with Crippen LogP contribution in [0.15, 0.2) is 212 Å². The highest BCUT2D eigenvalue weighted by Crippen LogP contribution is 2.62. The lowest BCUT2D eigenvalue weighted by molar-refractivity contribution is 0.563. The monoisotopic (exact) mass is 727 g/mol. The van der Waals surface area contributed by atoms with Gasteiger partial charge in [0.25, 0.3) is 0 Å². The lowest BCUT2D eigenvalue weighted by Gasteiger charge is -2.46. The summed E-state index contributed by atoms with van der Waals surface area (Å²) in [5.74, 6) is 0. The molecule has 9 aromatic carbocycles. The SMILES string of the molecule is CC1(C)c2ccccc2C2(c3ccccc3-c3cc(N(c4ccc(-c5ccccc5)cc4)c4ccc(-c5ccc6ccccc6c5)cc4)ccc32)c2ccccc21. The van der Waals surface area contributed by atoms with Gasteiger partial charge < -0.3 is 4.90 Å². The van der Waals surface area contributed by atoms with E-state index in [0.29, 0.717) is 0 Å². The van der Waals surface area contributed by atoms with Gasteiger partial charge in [0.1, 0.15) is 0 Å². The Morgan fingerprint density at radius 3 is 1.40 bits per heavy atom. The maximum absolute atomic E-state index is 2.44. The zero-order valence-electron chi connectivity index (χ0n) is 32.2. The average molecular weight is 728 g/mol. The fourth-order valence-corrected chi connectivity index (χ4v) is 10.0. The highest BCUT2D eigenvalue weighted by molar-refractivity contribution is 5.92. The second kappa shape index (κ2) is 12.8. The van der Waals surface area contributed by atoms with Gasteiger partial charge >= 0.3 is 0 Å².